The van der Waals surface area contributed by atoms with Crippen molar-refractivity contribution in [2.45, 2.75) is 32.4 Å². The molecule has 4 rings (SSSR count). The van der Waals surface area contributed by atoms with E-state index in [1.54, 1.807) is 0 Å². The Morgan fingerprint density at radius 3 is 2.47 bits per heavy atom. The Bertz CT molecular complexity index is 1360. The molecule has 0 aliphatic heterocycles. The fourth-order valence-corrected chi connectivity index (χ4v) is 3.39. The van der Waals surface area contributed by atoms with E-state index in [4.69, 9.17) is 9.26 Å². The number of benzene rings is 1. The van der Waals surface area contributed by atoms with Crippen LogP contribution in [0.3, 0.4) is 0 Å². The molecule has 1 aromatic carbocycles. The highest BCUT2D eigenvalue weighted by atomic mass is 19.4. The maximum absolute atomic E-state index is 13.5. The van der Waals surface area contributed by atoms with Gasteiger partial charge in [-0.15, -0.1) is 0 Å². The molecule has 0 bridgehead atoms. The summed E-state index contributed by atoms with van der Waals surface area (Å²) in [6.45, 7) is 5.68. The summed E-state index contributed by atoms with van der Waals surface area (Å²) in [5, 5.41) is 13.7. The molecule has 0 aliphatic rings. The van der Waals surface area contributed by atoms with Gasteiger partial charge in [-0.05, 0) is 12.1 Å². The number of alkyl halides is 3. The van der Waals surface area contributed by atoms with E-state index in [9.17, 15) is 18.4 Å². The number of nitriles is 1. The molecule has 0 fully saturated rings. The van der Waals surface area contributed by atoms with Gasteiger partial charge in [0.1, 0.15) is 17.3 Å². The van der Waals surface area contributed by atoms with Crippen LogP contribution in [0.1, 0.15) is 37.6 Å². The van der Waals surface area contributed by atoms with Gasteiger partial charge in [0.15, 0.2) is 11.3 Å². The first kappa shape index (κ1) is 21.4. The van der Waals surface area contributed by atoms with E-state index in [0.717, 1.165) is 6.07 Å². The van der Waals surface area contributed by atoms with Crippen molar-refractivity contribution in [2.24, 2.45) is 0 Å². The second-order valence-corrected chi connectivity index (χ2v) is 8.14. The Hall–Kier alpha value is -3.87. The normalized spacial score (nSPS) is 12.2. The zero-order chi connectivity index (χ0) is 23.3. The monoisotopic (exact) mass is 441 g/mol. The molecule has 1 N–H and O–H groups in total. The molecule has 3 heterocycles. The third kappa shape index (κ3) is 3.56. The second-order valence-electron chi connectivity index (χ2n) is 8.14. The Kier molecular flexibility index (Phi) is 4.92. The largest absolute Gasteiger partial charge is 0.479 e. The van der Waals surface area contributed by atoms with Crippen LogP contribution >= 0.6 is 0 Å². The number of fused-ring (bicyclic) bond motifs is 1. The minimum absolute atomic E-state index is 0.0334. The summed E-state index contributed by atoms with van der Waals surface area (Å²) in [7, 11) is 1.35. The van der Waals surface area contributed by atoms with E-state index in [1.807, 2.05) is 20.8 Å². The molecular formula is C22H18F3N5O2. The molecule has 7 nitrogen and oxygen atoms in total. The van der Waals surface area contributed by atoms with Crippen LogP contribution in [-0.2, 0) is 11.6 Å². The number of methoxy groups -OCH3 is 1. The van der Waals surface area contributed by atoms with Gasteiger partial charge >= 0.3 is 6.18 Å². The molecule has 3 aromatic heterocycles. The van der Waals surface area contributed by atoms with Crippen LogP contribution < -0.4 is 4.74 Å². The Morgan fingerprint density at radius 2 is 1.84 bits per heavy atom. The molecule has 0 aliphatic carbocycles. The highest BCUT2D eigenvalue weighted by molar-refractivity contribution is 5.87. The number of rotatable bonds is 3. The molecule has 10 heteroatoms. The van der Waals surface area contributed by atoms with Crippen molar-refractivity contribution >= 4 is 11.0 Å². The van der Waals surface area contributed by atoms with Crippen molar-refractivity contribution in [2.75, 3.05) is 7.11 Å². The molecule has 4 aromatic rings. The maximum Gasteiger partial charge on any atom is 0.417 e. The fourth-order valence-electron chi connectivity index (χ4n) is 3.39. The first-order valence-electron chi connectivity index (χ1n) is 9.56. The average Bonchev–Trinajstić information content (AvgIpc) is 3.35. The number of halogens is 3. The van der Waals surface area contributed by atoms with Gasteiger partial charge in [-0.25, -0.2) is 9.97 Å². The minimum Gasteiger partial charge on any atom is -0.479 e. The maximum atomic E-state index is 13.5. The number of pyridine rings is 1. The van der Waals surface area contributed by atoms with Gasteiger partial charge in [-0.2, -0.15) is 18.4 Å². The van der Waals surface area contributed by atoms with Gasteiger partial charge in [-0.3, -0.25) is 0 Å². The summed E-state index contributed by atoms with van der Waals surface area (Å²) >= 11 is 0. The van der Waals surface area contributed by atoms with Crippen LogP contribution in [0, 0.1) is 11.3 Å². The molecule has 0 atom stereocenters. The molecule has 164 valence electrons. The second kappa shape index (κ2) is 7.37. The summed E-state index contributed by atoms with van der Waals surface area (Å²) in [5.74, 6) is 0.361. The van der Waals surface area contributed by atoms with Crippen molar-refractivity contribution in [3.8, 4) is 34.8 Å². The van der Waals surface area contributed by atoms with Crippen LogP contribution in [-0.4, -0.2) is 27.2 Å². The molecule has 0 radical (unpaired) electrons. The minimum atomic E-state index is -4.55. The summed E-state index contributed by atoms with van der Waals surface area (Å²) < 4.78 is 51.2. The molecule has 0 amide bonds. The first-order chi connectivity index (χ1) is 15.0. The van der Waals surface area contributed by atoms with E-state index < -0.39 is 17.2 Å². The third-order valence-electron chi connectivity index (χ3n) is 4.87. The fraction of sp³-hybridized carbons (Fsp3) is 0.273. The average molecular weight is 441 g/mol. The predicted molar refractivity (Wildman–Crippen MR) is 110 cm³/mol. The Morgan fingerprint density at radius 1 is 1.12 bits per heavy atom. The number of imidazole rings is 1. The van der Waals surface area contributed by atoms with Crippen LogP contribution in [0.4, 0.5) is 13.2 Å². The highest BCUT2D eigenvalue weighted by Crippen LogP contribution is 2.39. The van der Waals surface area contributed by atoms with Crippen LogP contribution in [0.15, 0.2) is 34.9 Å². The van der Waals surface area contributed by atoms with Gasteiger partial charge in [0.2, 0.25) is 11.6 Å². The van der Waals surface area contributed by atoms with Gasteiger partial charge < -0.3 is 14.2 Å². The lowest BCUT2D eigenvalue weighted by atomic mass is 9.89. The predicted octanol–water partition coefficient (Wildman–Crippen LogP) is 5.48. The number of nitrogens with zero attached hydrogens (tertiary/aromatic N) is 4. The molecule has 32 heavy (non-hydrogen) atoms. The summed E-state index contributed by atoms with van der Waals surface area (Å²) in [5.41, 5.74) is 0.0726. The van der Waals surface area contributed by atoms with Gasteiger partial charge in [0.05, 0.1) is 23.9 Å². The lowest BCUT2D eigenvalue weighted by Crippen LogP contribution is -2.13. The lowest BCUT2D eigenvalue weighted by Gasteiger charge is -2.13. The molecule has 0 unspecified atom stereocenters. The van der Waals surface area contributed by atoms with E-state index in [-0.39, 0.29) is 39.8 Å². The number of aromatic amines is 1. The van der Waals surface area contributed by atoms with E-state index >= 15 is 0 Å². The molecule has 0 saturated heterocycles. The topological polar surface area (TPSA) is 101 Å². The number of ether oxygens (including phenoxy) is 1. The van der Waals surface area contributed by atoms with E-state index in [0.29, 0.717) is 11.2 Å². The number of hydrogen-bond donors (Lipinski definition) is 1. The molecule has 0 spiro atoms. The van der Waals surface area contributed by atoms with Crippen molar-refractivity contribution in [1.82, 2.24) is 20.1 Å². The van der Waals surface area contributed by atoms with E-state index in [1.165, 1.54) is 31.4 Å². The summed E-state index contributed by atoms with van der Waals surface area (Å²) in [4.78, 5) is 11.7. The van der Waals surface area contributed by atoms with E-state index in [2.05, 4.69) is 26.2 Å². The zero-order valence-corrected chi connectivity index (χ0v) is 17.6. The molecular weight excluding hydrogens is 423 g/mol. The quantitative estimate of drug-likeness (QED) is 0.452. The molecule has 0 saturated carbocycles. The van der Waals surface area contributed by atoms with Crippen molar-refractivity contribution < 1.29 is 22.4 Å². The van der Waals surface area contributed by atoms with Crippen molar-refractivity contribution in [3.63, 3.8) is 0 Å². The number of hydrogen-bond acceptors (Lipinski definition) is 6. The number of nitrogens with one attached hydrogen (secondary N) is 1. The smallest absolute Gasteiger partial charge is 0.417 e. The Labute approximate surface area is 180 Å². The number of aromatic nitrogens is 4. The van der Waals surface area contributed by atoms with Crippen LogP contribution in [0.5, 0.6) is 5.88 Å². The van der Waals surface area contributed by atoms with Crippen molar-refractivity contribution in [3.05, 3.63) is 47.2 Å². The SMILES string of the molecule is COc1nc(-c2ccccc2C(F)(F)F)cc2[nH]c(-c3onc(C(C)(C)C)c3C#N)nc12. The van der Waals surface area contributed by atoms with Gasteiger partial charge in [0, 0.05) is 11.0 Å². The van der Waals surface area contributed by atoms with Gasteiger partial charge in [-0.1, -0.05) is 44.1 Å². The zero-order valence-electron chi connectivity index (χ0n) is 17.6. The summed E-state index contributed by atoms with van der Waals surface area (Å²) in [6.07, 6.45) is -4.55. The standard InChI is InChI=1S/C22H18F3N5O2/c1-21(2,3)18-12(10-26)17(32-30-18)19-27-15-9-14(28-20(31-4)16(15)29-19)11-7-5-6-8-13(11)22(23,24)25/h5-9H,1-4H3,(H,27,29). The first-order valence-corrected chi connectivity index (χ1v) is 9.56. The summed E-state index contributed by atoms with van der Waals surface area (Å²) in [6, 6.07) is 8.70. The van der Waals surface area contributed by atoms with Crippen LogP contribution in [0.2, 0.25) is 0 Å². The highest BCUT2D eigenvalue weighted by Gasteiger charge is 2.34. The third-order valence-corrected chi connectivity index (χ3v) is 4.87. The van der Waals surface area contributed by atoms with Crippen molar-refractivity contribution in [1.29, 1.82) is 5.26 Å². The number of H-pyrrole nitrogens is 1. The van der Waals surface area contributed by atoms with Crippen LogP contribution in [0.25, 0.3) is 33.9 Å². The van der Waals surface area contributed by atoms with Gasteiger partial charge in [0.25, 0.3) is 0 Å². The Balaban J connectivity index is 1.92. The lowest BCUT2D eigenvalue weighted by molar-refractivity contribution is -0.137.